The number of hydrogen-bond donors (Lipinski definition) is 4. The van der Waals surface area contributed by atoms with Crippen molar-refractivity contribution < 1.29 is 29.9 Å². The van der Waals surface area contributed by atoms with Gasteiger partial charge < -0.3 is 29.9 Å². The Kier molecular flexibility index (Phi) is 14.4. The molecule has 0 saturated carbocycles. The van der Waals surface area contributed by atoms with E-state index in [2.05, 4.69) is 6.92 Å². The van der Waals surface area contributed by atoms with Gasteiger partial charge in [-0.1, -0.05) is 51.9 Å². The predicted octanol–water partition coefficient (Wildman–Crippen LogP) is 0.295. The van der Waals surface area contributed by atoms with Crippen molar-refractivity contribution in [2.45, 2.75) is 89.0 Å². The van der Waals surface area contributed by atoms with Crippen LogP contribution in [0.25, 0.3) is 0 Å². The van der Waals surface area contributed by atoms with E-state index >= 15 is 0 Å². The predicted molar refractivity (Wildman–Crippen MR) is 89.5 cm³/mol. The summed E-state index contributed by atoms with van der Waals surface area (Å²) in [4.78, 5) is 0. The zero-order chi connectivity index (χ0) is 16.4. The molecule has 0 aromatic carbocycles. The zero-order valence-corrected chi connectivity index (χ0v) is 13.6. The molecule has 1 saturated heterocycles. The van der Waals surface area contributed by atoms with Gasteiger partial charge in [-0.15, -0.1) is 0 Å². The summed E-state index contributed by atoms with van der Waals surface area (Å²) in [6.45, 7) is 2.13. The van der Waals surface area contributed by atoms with Crippen molar-refractivity contribution in [3.63, 3.8) is 0 Å². The third-order valence-corrected chi connectivity index (χ3v) is 4.10. The van der Waals surface area contributed by atoms with Crippen LogP contribution in [0.5, 0.6) is 0 Å². The van der Waals surface area contributed by atoms with Crippen molar-refractivity contribution in [2.75, 3.05) is 13.2 Å². The van der Waals surface area contributed by atoms with E-state index in [-0.39, 0.29) is 29.6 Å². The second kappa shape index (κ2) is 14.0. The molecule has 1 aliphatic rings. The van der Waals surface area contributed by atoms with Gasteiger partial charge in [0, 0.05) is 6.61 Å². The number of unbranched alkanes of at least 4 members (excludes halogenated alkanes) is 7. The molecule has 0 amide bonds. The molecule has 0 aromatic rings. The summed E-state index contributed by atoms with van der Waals surface area (Å²) in [7, 11) is 0. The Morgan fingerprint density at radius 3 is 2.09 bits per heavy atom. The molecule has 0 bridgehead atoms. The maximum absolute atomic E-state index is 9.80. The average Bonchev–Trinajstić information content (AvgIpc) is 2.81. The van der Waals surface area contributed by atoms with Crippen LogP contribution in [0.4, 0.5) is 0 Å². The molecule has 1 aliphatic heterocycles. The van der Waals surface area contributed by atoms with Gasteiger partial charge in [-0.25, -0.2) is 0 Å². The van der Waals surface area contributed by atoms with E-state index < -0.39 is 37.3 Å². The molecule has 5 atom stereocenters. The first-order valence-electron chi connectivity index (χ1n) is 8.54. The van der Waals surface area contributed by atoms with Gasteiger partial charge >= 0.3 is 29.6 Å². The Bertz CT molecular complexity index is 281. The van der Waals surface area contributed by atoms with Gasteiger partial charge in [0.2, 0.25) is 0 Å². The number of aliphatic hydroxyl groups excluding tert-OH is 4. The van der Waals surface area contributed by atoms with E-state index in [1.807, 2.05) is 0 Å². The standard InChI is InChI=1S/C16H32O6.Na.H/c1-2-3-4-5-6-7-8-9-10-21-16-14(20)13(19)15(22-16)12(18)11-17;;/h12-20H,2-11H2,1H3;;/t12-,13-,14-,15+,16-;;/m1../s1. The van der Waals surface area contributed by atoms with Gasteiger partial charge in [-0.3, -0.25) is 0 Å². The van der Waals surface area contributed by atoms with Crippen molar-refractivity contribution >= 4 is 29.6 Å². The Hall–Kier alpha value is 0.760. The summed E-state index contributed by atoms with van der Waals surface area (Å²) in [5.41, 5.74) is 0. The third-order valence-electron chi connectivity index (χ3n) is 4.10. The van der Waals surface area contributed by atoms with E-state index in [9.17, 15) is 15.3 Å². The molecule has 1 heterocycles. The van der Waals surface area contributed by atoms with Crippen LogP contribution in [0.3, 0.4) is 0 Å². The molecule has 0 aromatic heterocycles. The van der Waals surface area contributed by atoms with Gasteiger partial charge in [0.1, 0.15) is 24.4 Å². The molecule has 1 fully saturated rings. The first-order valence-corrected chi connectivity index (χ1v) is 8.54. The SMILES string of the molecule is CCCCCCCCCCO[C@@H]1O[C@@H]([C@H](O)CO)[C@H](O)[C@H]1O.[NaH]. The van der Waals surface area contributed by atoms with Crippen LogP contribution in [0.1, 0.15) is 58.3 Å². The average molecular weight is 344 g/mol. The fourth-order valence-corrected chi connectivity index (χ4v) is 2.67. The van der Waals surface area contributed by atoms with E-state index in [0.717, 1.165) is 12.8 Å². The van der Waals surface area contributed by atoms with E-state index in [1.54, 1.807) is 0 Å². The monoisotopic (exact) mass is 344 g/mol. The van der Waals surface area contributed by atoms with Crippen molar-refractivity contribution in [3.05, 3.63) is 0 Å². The van der Waals surface area contributed by atoms with Crippen molar-refractivity contribution in [2.24, 2.45) is 0 Å². The van der Waals surface area contributed by atoms with Crippen LogP contribution < -0.4 is 0 Å². The van der Waals surface area contributed by atoms with Crippen LogP contribution in [0.15, 0.2) is 0 Å². The molecule has 7 heteroatoms. The van der Waals surface area contributed by atoms with Crippen molar-refractivity contribution in [1.29, 1.82) is 0 Å². The summed E-state index contributed by atoms with van der Waals surface area (Å²) in [6.07, 6.45) is 3.92. The third kappa shape index (κ3) is 8.61. The van der Waals surface area contributed by atoms with Gasteiger partial charge in [-0.2, -0.15) is 0 Å². The van der Waals surface area contributed by atoms with E-state index in [1.165, 1.54) is 38.5 Å². The van der Waals surface area contributed by atoms with Gasteiger partial charge in [0.25, 0.3) is 0 Å². The Morgan fingerprint density at radius 1 is 0.957 bits per heavy atom. The molecule has 134 valence electrons. The molecule has 4 N–H and O–H groups in total. The first-order chi connectivity index (χ1) is 10.6. The number of aliphatic hydroxyl groups is 4. The Morgan fingerprint density at radius 2 is 1.52 bits per heavy atom. The molecule has 0 radical (unpaired) electrons. The number of ether oxygens (including phenoxy) is 2. The van der Waals surface area contributed by atoms with E-state index in [4.69, 9.17) is 14.6 Å². The summed E-state index contributed by atoms with van der Waals surface area (Å²) in [5.74, 6) is 0. The first kappa shape index (κ1) is 23.8. The maximum atomic E-state index is 9.80. The number of rotatable bonds is 12. The summed E-state index contributed by atoms with van der Waals surface area (Å²) in [5, 5.41) is 37.9. The topological polar surface area (TPSA) is 99.4 Å². The van der Waals surface area contributed by atoms with Gasteiger partial charge in [0.05, 0.1) is 6.61 Å². The van der Waals surface area contributed by atoms with Crippen molar-refractivity contribution in [3.8, 4) is 0 Å². The van der Waals surface area contributed by atoms with Crippen LogP contribution in [0.2, 0.25) is 0 Å². The van der Waals surface area contributed by atoms with Crippen LogP contribution in [0, 0.1) is 0 Å². The minimum absolute atomic E-state index is 0. The molecule has 1 rings (SSSR count). The summed E-state index contributed by atoms with van der Waals surface area (Å²) in [6, 6.07) is 0. The second-order valence-electron chi connectivity index (χ2n) is 6.05. The normalized spacial score (nSPS) is 28.6. The summed E-state index contributed by atoms with van der Waals surface area (Å²) < 4.78 is 10.7. The number of hydrogen-bond acceptors (Lipinski definition) is 6. The molecular formula is C16H33NaO6. The minimum atomic E-state index is -1.24. The van der Waals surface area contributed by atoms with E-state index in [0.29, 0.717) is 6.61 Å². The van der Waals surface area contributed by atoms with Gasteiger partial charge in [0.15, 0.2) is 6.29 Å². The van der Waals surface area contributed by atoms with Crippen LogP contribution >= 0.6 is 0 Å². The van der Waals surface area contributed by atoms with Gasteiger partial charge in [-0.05, 0) is 6.42 Å². The quantitative estimate of drug-likeness (QED) is 0.300. The van der Waals surface area contributed by atoms with Crippen molar-refractivity contribution in [1.82, 2.24) is 0 Å². The Labute approximate surface area is 161 Å². The summed E-state index contributed by atoms with van der Waals surface area (Å²) >= 11 is 0. The van der Waals surface area contributed by atoms with Crippen LogP contribution in [-0.2, 0) is 9.47 Å². The second-order valence-corrected chi connectivity index (χ2v) is 6.05. The molecule has 0 unspecified atom stereocenters. The molecule has 23 heavy (non-hydrogen) atoms. The Balaban J connectivity index is 0.00000484. The molecule has 6 nitrogen and oxygen atoms in total. The molecular weight excluding hydrogens is 311 g/mol. The molecule has 0 aliphatic carbocycles. The fraction of sp³-hybridized carbons (Fsp3) is 1.00. The van der Waals surface area contributed by atoms with Crippen LogP contribution in [-0.4, -0.2) is 93.9 Å². The zero-order valence-electron chi connectivity index (χ0n) is 13.6. The fourth-order valence-electron chi connectivity index (χ4n) is 2.67. The molecule has 0 spiro atoms.